The molecule has 4 aromatic heterocycles. The van der Waals surface area contributed by atoms with Crippen LogP contribution in [0.2, 0.25) is 0 Å². The third kappa shape index (κ3) is 4.23. The number of carbonyl (C=O) groups excluding carboxylic acids is 1. The van der Waals surface area contributed by atoms with Crippen LogP contribution < -0.4 is 10.6 Å². The SMILES string of the molecule is C[C@H]1CCCC[C@H]1NC(=O)c1nc(-c2cnc(NCc3ccccn3)s2)n2ccccc12. The lowest BCUT2D eigenvalue weighted by Gasteiger charge is -2.29. The fourth-order valence-corrected chi connectivity index (χ4v) is 5.07. The molecule has 0 aliphatic heterocycles. The standard InChI is InChI=1S/C24H26N6OS/c1-16-8-2-3-10-18(16)28-23(31)21-19-11-5-7-13-30(19)22(29-21)20-15-27-24(32-20)26-14-17-9-4-6-12-25-17/h4-7,9,11-13,15-16,18H,2-3,8,10,14H2,1H3,(H,26,27)(H,28,31)/t16-,18+/m0/s1. The zero-order valence-electron chi connectivity index (χ0n) is 18.0. The molecule has 2 N–H and O–H groups in total. The van der Waals surface area contributed by atoms with Gasteiger partial charge in [0.15, 0.2) is 16.6 Å². The van der Waals surface area contributed by atoms with E-state index in [0.717, 1.165) is 39.9 Å². The summed E-state index contributed by atoms with van der Waals surface area (Å²) < 4.78 is 1.97. The number of rotatable bonds is 6. The number of hydrogen-bond acceptors (Lipinski definition) is 6. The minimum atomic E-state index is -0.100. The number of thiazole rings is 1. The first-order valence-corrected chi connectivity index (χ1v) is 11.9. The molecule has 8 heteroatoms. The van der Waals surface area contributed by atoms with E-state index in [0.29, 0.717) is 18.2 Å². The van der Waals surface area contributed by atoms with E-state index in [4.69, 9.17) is 4.98 Å². The van der Waals surface area contributed by atoms with Crippen molar-refractivity contribution in [3.05, 3.63) is 66.4 Å². The maximum Gasteiger partial charge on any atom is 0.272 e. The van der Waals surface area contributed by atoms with Crippen molar-refractivity contribution in [3.8, 4) is 10.7 Å². The number of pyridine rings is 2. The smallest absolute Gasteiger partial charge is 0.272 e. The summed E-state index contributed by atoms with van der Waals surface area (Å²) >= 11 is 1.52. The van der Waals surface area contributed by atoms with Crippen molar-refractivity contribution in [1.82, 2.24) is 24.7 Å². The average Bonchev–Trinajstić information content (AvgIpc) is 3.45. The number of amides is 1. The summed E-state index contributed by atoms with van der Waals surface area (Å²) in [7, 11) is 0. The molecule has 1 amide bonds. The molecule has 7 nitrogen and oxygen atoms in total. The molecule has 1 saturated carbocycles. The number of aromatic nitrogens is 4. The number of fused-ring (bicyclic) bond motifs is 1. The summed E-state index contributed by atoms with van der Waals surface area (Å²) in [6, 6.07) is 11.9. The topological polar surface area (TPSA) is 84.2 Å². The molecule has 2 atom stereocenters. The van der Waals surface area contributed by atoms with Crippen LogP contribution >= 0.6 is 11.3 Å². The van der Waals surface area contributed by atoms with Gasteiger partial charge in [0, 0.05) is 18.4 Å². The van der Waals surface area contributed by atoms with E-state index in [9.17, 15) is 4.79 Å². The molecule has 4 aromatic rings. The third-order valence-electron chi connectivity index (χ3n) is 6.06. The Hall–Kier alpha value is -3.26. The van der Waals surface area contributed by atoms with Gasteiger partial charge in [0.25, 0.3) is 5.91 Å². The van der Waals surface area contributed by atoms with Crippen molar-refractivity contribution in [2.24, 2.45) is 5.92 Å². The average molecular weight is 447 g/mol. The maximum atomic E-state index is 13.2. The van der Waals surface area contributed by atoms with Crippen molar-refractivity contribution in [2.75, 3.05) is 5.32 Å². The van der Waals surface area contributed by atoms with Crippen LogP contribution in [-0.2, 0) is 6.54 Å². The first kappa shape index (κ1) is 20.6. The van der Waals surface area contributed by atoms with Gasteiger partial charge in [-0.15, -0.1) is 0 Å². The normalized spacial score (nSPS) is 18.5. The molecule has 0 spiro atoms. The minimum Gasteiger partial charge on any atom is -0.356 e. The highest BCUT2D eigenvalue weighted by atomic mass is 32.1. The largest absolute Gasteiger partial charge is 0.356 e. The Morgan fingerprint density at radius 1 is 1.16 bits per heavy atom. The second-order valence-electron chi connectivity index (χ2n) is 8.29. The molecular weight excluding hydrogens is 420 g/mol. The van der Waals surface area contributed by atoms with Gasteiger partial charge in [-0.25, -0.2) is 9.97 Å². The van der Waals surface area contributed by atoms with Gasteiger partial charge >= 0.3 is 0 Å². The molecule has 1 fully saturated rings. The molecule has 0 saturated heterocycles. The molecular formula is C24H26N6OS. The van der Waals surface area contributed by atoms with Crippen LogP contribution in [0.1, 0.15) is 48.8 Å². The minimum absolute atomic E-state index is 0.100. The van der Waals surface area contributed by atoms with E-state index in [1.165, 1.54) is 24.2 Å². The van der Waals surface area contributed by atoms with Gasteiger partial charge in [-0.2, -0.15) is 0 Å². The quantitative estimate of drug-likeness (QED) is 0.446. The van der Waals surface area contributed by atoms with Crippen molar-refractivity contribution in [2.45, 2.75) is 45.2 Å². The molecule has 0 radical (unpaired) electrons. The Kier molecular flexibility index (Phi) is 5.85. The van der Waals surface area contributed by atoms with Gasteiger partial charge in [-0.3, -0.25) is 14.2 Å². The Balaban J connectivity index is 1.39. The lowest BCUT2D eigenvalue weighted by atomic mass is 9.86. The fourth-order valence-electron chi connectivity index (χ4n) is 4.27. The Morgan fingerprint density at radius 3 is 2.88 bits per heavy atom. The zero-order valence-corrected chi connectivity index (χ0v) is 18.8. The number of hydrogen-bond donors (Lipinski definition) is 2. The number of anilines is 1. The number of nitrogens with zero attached hydrogens (tertiary/aromatic N) is 4. The second-order valence-corrected chi connectivity index (χ2v) is 9.32. The summed E-state index contributed by atoms with van der Waals surface area (Å²) in [5.41, 5.74) is 2.22. The Labute approximate surface area is 191 Å². The first-order chi connectivity index (χ1) is 15.7. The van der Waals surface area contributed by atoms with Gasteiger partial charge in [0.1, 0.15) is 0 Å². The predicted molar refractivity (Wildman–Crippen MR) is 127 cm³/mol. The van der Waals surface area contributed by atoms with Crippen LogP contribution in [0.5, 0.6) is 0 Å². The summed E-state index contributed by atoms with van der Waals surface area (Å²) in [5.74, 6) is 1.12. The van der Waals surface area contributed by atoms with Crippen LogP contribution in [0.4, 0.5) is 5.13 Å². The number of carbonyl (C=O) groups is 1. The van der Waals surface area contributed by atoms with E-state index in [1.807, 2.05) is 47.0 Å². The second kappa shape index (κ2) is 9.08. The predicted octanol–water partition coefficient (Wildman–Crippen LogP) is 4.77. The molecule has 0 bridgehead atoms. The summed E-state index contributed by atoms with van der Waals surface area (Å²) in [6.45, 7) is 2.82. The fraction of sp³-hybridized carbons (Fsp3) is 0.333. The molecule has 0 unspecified atom stereocenters. The highest BCUT2D eigenvalue weighted by Crippen LogP contribution is 2.31. The molecule has 1 aliphatic rings. The Bertz CT molecular complexity index is 1220. The maximum absolute atomic E-state index is 13.2. The lowest BCUT2D eigenvalue weighted by molar-refractivity contribution is 0.0907. The molecule has 0 aromatic carbocycles. The van der Waals surface area contributed by atoms with E-state index >= 15 is 0 Å². The van der Waals surface area contributed by atoms with Crippen molar-refractivity contribution in [3.63, 3.8) is 0 Å². The summed E-state index contributed by atoms with van der Waals surface area (Å²) in [4.78, 5) is 27.7. The van der Waals surface area contributed by atoms with Gasteiger partial charge < -0.3 is 10.6 Å². The summed E-state index contributed by atoms with van der Waals surface area (Å²) in [5, 5.41) is 7.35. The van der Waals surface area contributed by atoms with Gasteiger partial charge in [-0.1, -0.05) is 43.2 Å². The molecule has 32 heavy (non-hydrogen) atoms. The van der Waals surface area contributed by atoms with Gasteiger partial charge in [0.05, 0.1) is 28.8 Å². The highest BCUT2D eigenvalue weighted by molar-refractivity contribution is 7.18. The van der Waals surface area contributed by atoms with Crippen LogP contribution in [0, 0.1) is 5.92 Å². The number of nitrogens with one attached hydrogen (secondary N) is 2. The van der Waals surface area contributed by atoms with Crippen molar-refractivity contribution < 1.29 is 4.79 Å². The molecule has 4 heterocycles. The molecule has 5 rings (SSSR count). The monoisotopic (exact) mass is 446 g/mol. The van der Waals surface area contributed by atoms with E-state index < -0.39 is 0 Å². The van der Waals surface area contributed by atoms with Crippen LogP contribution in [-0.4, -0.2) is 31.3 Å². The first-order valence-electron chi connectivity index (χ1n) is 11.1. The zero-order chi connectivity index (χ0) is 21.9. The van der Waals surface area contributed by atoms with Crippen molar-refractivity contribution >= 4 is 27.9 Å². The Morgan fingerprint density at radius 2 is 2.03 bits per heavy atom. The van der Waals surface area contributed by atoms with E-state index in [-0.39, 0.29) is 11.9 Å². The van der Waals surface area contributed by atoms with Crippen LogP contribution in [0.3, 0.4) is 0 Å². The van der Waals surface area contributed by atoms with E-state index in [2.05, 4.69) is 27.5 Å². The molecule has 164 valence electrons. The molecule has 1 aliphatic carbocycles. The van der Waals surface area contributed by atoms with Gasteiger partial charge in [-0.05, 0) is 43.0 Å². The highest BCUT2D eigenvalue weighted by Gasteiger charge is 2.26. The van der Waals surface area contributed by atoms with Gasteiger partial charge in [0.2, 0.25) is 0 Å². The third-order valence-corrected chi connectivity index (χ3v) is 7.02. The van der Waals surface area contributed by atoms with Crippen LogP contribution in [0.15, 0.2) is 55.0 Å². The van der Waals surface area contributed by atoms with E-state index in [1.54, 1.807) is 12.4 Å². The summed E-state index contributed by atoms with van der Waals surface area (Å²) in [6.07, 6.45) is 10.1. The van der Waals surface area contributed by atoms with Crippen LogP contribution in [0.25, 0.3) is 16.2 Å². The number of imidazole rings is 1. The lowest BCUT2D eigenvalue weighted by Crippen LogP contribution is -2.41. The van der Waals surface area contributed by atoms with Crippen molar-refractivity contribution in [1.29, 1.82) is 0 Å².